The number of hydrogen-bond donors (Lipinski definition) is 0. The molecule has 1 amide bonds. The molecule has 0 atom stereocenters. The van der Waals surface area contributed by atoms with E-state index in [0.29, 0.717) is 18.6 Å². The lowest BCUT2D eigenvalue weighted by Gasteiger charge is -2.21. The zero-order valence-electron chi connectivity index (χ0n) is 16.2. The Morgan fingerprint density at radius 2 is 2.00 bits per heavy atom. The topological polar surface area (TPSA) is 42.4 Å². The molecule has 0 unspecified atom stereocenters. The van der Waals surface area contributed by atoms with Gasteiger partial charge in [-0.3, -0.25) is 9.78 Å². The lowest BCUT2D eigenvalue weighted by Crippen LogP contribution is -2.33. The van der Waals surface area contributed by atoms with Crippen molar-refractivity contribution in [2.75, 3.05) is 6.54 Å². The van der Waals surface area contributed by atoms with Crippen molar-refractivity contribution in [1.82, 2.24) is 9.88 Å². The summed E-state index contributed by atoms with van der Waals surface area (Å²) in [5, 5.41) is 0. The van der Waals surface area contributed by atoms with E-state index in [2.05, 4.69) is 18.8 Å². The average Bonchev–Trinajstić information content (AvgIpc) is 3.51. The Morgan fingerprint density at radius 1 is 1.22 bits per heavy atom. The van der Waals surface area contributed by atoms with Gasteiger partial charge in [-0.25, -0.2) is 0 Å². The zero-order chi connectivity index (χ0) is 19.1. The predicted molar refractivity (Wildman–Crippen MR) is 108 cm³/mol. The van der Waals surface area contributed by atoms with Crippen LogP contribution in [0.3, 0.4) is 0 Å². The molecule has 0 radical (unpaired) electrons. The van der Waals surface area contributed by atoms with Crippen LogP contribution < -0.4 is 4.74 Å². The van der Waals surface area contributed by atoms with E-state index in [1.165, 1.54) is 0 Å². The Hall–Kier alpha value is -2.62. The fourth-order valence-corrected chi connectivity index (χ4v) is 2.84. The minimum absolute atomic E-state index is 0.119. The fourth-order valence-electron chi connectivity index (χ4n) is 2.84. The monoisotopic (exact) mass is 364 g/mol. The summed E-state index contributed by atoms with van der Waals surface area (Å²) in [6.45, 7) is 5.69. The highest BCUT2D eigenvalue weighted by molar-refractivity contribution is 5.92. The highest BCUT2D eigenvalue weighted by Crippen LogP contribution is 2.28. The second-order valence-electron chi connectivity index (χ2n) is 7.46. The van der Waals surface area contributed by atoms with Crippen molar-refractivity contribution in [3.05, 3.63) is 66.0 Å². The smallest absolute Gasteiger partial charge is 0.246 e. The molecule has 1 heterocycles. The minimum Gasteiger partial charge on any atom is -0.487 e. The number of ether oxygens (including phenoxy) is 1. The Morgan fingerprint density at radius 3 is 2.63 bits per heavy atom. The highest BCUT2D eigenvalue weighted by atomic mass is 16.5. The third-order valence-corrected chi connectivity index (χ3v) is 4.63. The molecule has 1 aromatic carbocycles. The van der Waals surface area contributed by atoms with Crippen molar-refractivity contribution in [3.63, 3.8) is 0 Å². The Balaban J connectivity index is 1.52. The summed E-state index contributed by atoms with van der Waals surface area (Å²) in [5.74, 6) is 1.52. The van der Waals surface area contributed by atoms with E-state index >= 15 is 0 Å². The van der Waals surface area contributed by atoms with Crippen LogP contribution in [0.5, 0.6) is 5.75 Å². The van der Waals surface area contributed by atoms with E-state index in [1.54, 1.807) is 12.3 Å². The Bertz CT molecular complexity index is 750. The summed E-state index contributed by atoms with van der Waals surface area (Å²) in [4.78, 5) is 18.8. The molecule has 1 aliphatic rings. The SMILES string of the molecule is CC(C)CCN(C(=O)/C=C/c1ccc(OCc2ccccn2)cc1)C1CC1. The largest absolute Gasteiger partial charge is 0.487 e. The molecule has 27 heavy (non-hydrogen) atoms. The van der Waals surface area contributed by atoms with E-state index in [4.69, 9.17) is 4.74 Å². The number of nitrogens with zero attached hydrogens (tertiary/aromatic N) is 2. The molecule has 0 N–H and O–H groups in total. The van der Waals surface area contributed by atoms with Gasteiger partial charge in [0.05, 0.1) is 5.69 Å². The number of rotatable bonds is 9. The first kappa shape index (κ1) is 19.2. The summed E-state index contributed by atoms with van der Waals surface area (Å²) in [6, 6.07) is 14.0. The second kappa shape index (κ2) is 9.36. The van der Waals surface area contributed by atoms with Gasteiger partial charge in [0.25, 0.3) is 0 Å². The van der Waals surface area contributed by atoms with Gasteiger partial charge in [-0.15, -0.1) is 0 Å². The molecule has 0 aliphatic heterocycles. The van der Waals surface area contributed by atoms with Crippen molar-refractivity contribution in [1.29, 1.82) is 0 Å². The van der Waals surface area contributed by atoms with Gasteiger partial charge in [-0.1, -0.05) is 32.0 Å². The first-order valence-electron chi connectivity index (χ1n) is 9.73. The van der Waals surface area contributed by atoms with Gasteiger partial charge >= 0.3 is 0 Å². The molecule has 4 heteroatoms. The molecular formula is C23H28N2O2. The second-order valence-corrected chi connectivity index (χ2v) is 7.46. The standard InChI is InChI=1S/C23H28N2O2/c1-18(2)14-16-25(21-9-10-21)23(26)13-8-19-6-11-22(12-7-19)27-17-20-5-3-4-15-24-20/h3-8,11-13,15,18,21H,9-10,14,16-17H2,1-2H3/b13-8+. The summed E-state index contributed by atoms with van der Waals surface area (Å²) in [5.41, 5.74) is 1.89. The average molecular weight is 364 g/mol. The lowest BCUT2D eigenvalue weighted by atomic mass is 10.1. The van der Waals surface area contributed by atoms with Crippen molar-refractivity contribution in [3.8, 4) is 5.75 Å². The van der Waals surface area contributed by atoms with Gasteiger partial charge in [0, 0.05) is 24.9 Å². The Labute approximate surface area is 161 Å². The van der Waals surface area contributed by atoms with Gasteiger partial charge in [0.15, 0.2) is 0 Å². The Kier molecular flexibility index (Phi) is 6.64. The molecule has 4 nitrogen and oxygen atoms in total. The van der Waals surface area contributed by atoms with Gasteiger partial charge in [0.2, 0.25) is 5.91 Å². The fraction of sp³-hybridized carbons (Fsp3) is 0.391. The van der Waals surface area contributed by atoms with Crippen LogP contribution in [-0.4, -0.2) is 28.4 Å². The third kappa shape index (κ3) is 6.24. The molecule has 0 saturated heterocycles. The lowest BCUT2D eigenvalue weighted by molar-refractivity contribution is -0.126. The molecule has 1 aromatic heterocycles. The molecule has 0 spiro atoms. The summed E-state index contributed by atoms with van der Waals surface area (Å²) < 4.78 is 5.74. The molecule has 1 saturated carbocycles. The first-order chi connectivity index (χ1) is 13.1. The van der Waals surface area contributed by atoms with E-state index in [9.17, 15) is 4.79 Å². The summed E-state index contributed by atoms with van der Waals surface area (Å²) in [7, 11) is 0. The maximum atomic E-state index is 12.5. The normalized spacial score (nSPS) is 13.9. The van der Waals surface area contributed by atoms with Gasteiger partial charge in [-0.05, 0) is 61.1 Å². The van der Waals surface area contributed by atoms with Crippen LogP contribution >= 0.6 is 0 Å². The number of pyridine rings is 1. The van der Waals surface area contributed by atoms with Crippen LogP contribution in [0.1, 0.15) is 44.4 Å². The number of carbonyl (C=O) groups excluding carboxylic acids is 1. The highest BCUT2D eigenvalue weighted by Gasteiger charge is 2.31. The number of benzene rings is 1. The maximum Gasteiger partial charge on any atom is 0.246 e. The van der Waals surface area contributed by atoms with Crippen molar-refractivity contribution in [2.24, 2.45) is 5.92 Å². The van der Waals surface area contributed by atoms with Crippen molar-refractivity contribution in [2.45, 2.75) is 45.8 Å². The number of aromatic nitrogens is 1. The molecule has 1 fully saturated rings. The molecule has 142 valence electrons. The van der Waals surface area contributed by atoms with Crippen LogP contribution in [0.4, 0.5) is 0 Å². The number of amides is 1. The summed E-state index contributed by atoms with van der Waals surface area (Å²) >= 11 is 0. The quantitative estimate of drug-likeness (QED) is 0.605. The van der Waals surface area contributed by atoms with E-state index < -0.39 is 0 Å². The minimum atomic E-state index is 0.119. The van der Waals surface area contributed by atoms with Gasteiger partial charge < -0.3 is 9.64 Å². The van der Waals surface area contributed by atoms with Crippen molar-refractivity contribution >= 4 is 12.0 Å². The molecule has 2 aromatic rings. The van der Waals surface area contributed by atoms with Crippen molar-refractivity contribution < 1.29 is 9.53 Å². The third-order valence-electron chi connectivity index (χ3n) is 4.63. The van der Waals surface area contributed by atoms with Crippen LogP contribution in [-0.2, 0) is 11.4 Å². The molecular weight excluding hydrogens is 336 g/mol. The van der Waals surface area contributed by atoms with E-state index in [1.807, 2.05) is 53.4 Å². The molecule has 1 aliphatic carbocycles. The molecule has 0 bridgehead atoms. The maximum absolute atomic E-state index is 12.5. The zero-order valence-corrected chi connectivity index (χ0v) is 16.2. The molecule has 3 rings (SSSR count). The summed E-state index contributed by atoms with van der Waals surface area (Å²) in [6.07, 6.45) is 8.67. The van der Waals surface area contributed by atoms with Gasteiger partial charge in [0.1, 0.15) is 12.4 Å². The van der Waals surface area contributed by atoms with Crippen LogP contribution in [0.15, 0.2) is 54.7 Å². The van der Waals surface area contributed by atoms with E-state index in [0.717, 1.165) is 42.8 Å². The first-order valence-corrected chi connectivity index (χ1v) is 9.73. The van der Waals surface area contributed by atoms with Crippen LogP contribution in [0, 0.1) is 5.92 Å². The van der Waals surface area contributed by atoms with E-state index in [-0.39, 0.29) is 5.91 Å². The predicted octanol–water partition coefficient (Wildman–Crippen LogP) is 4.71. The number of carbonyl (C=O) groups is 1. The van der Waals surface area contributed by atoms with Crippen LogP contribution in [0.2, 0.25) is 0 Å². The number of hydrogen-bond acceptors (Lipinski definition) is 3. The van der Waals surface area contributed by atoms with Crippen LogP contribution in [0.25, 0.3) is 6.08 Å². The van der Waals surface area contributed by atoms with Gasteiger partial charge in [-0.2, -0.15) is 0 Å².